The molecule has 0 aliphatic carbocycles. The Morgan fingerprint density at radius 3 is 1.89 bits per heavy atom. The molecule has 4 atom stereocenters. The standard InChI is InChI=1S/C33H36N6O7/c34-24(17-29(35)41)30(42)37-27(16-21-18-36-25-9-5-4-8-23(21)25)32(44)38-26(14-20-10-12-22(40)13-11-20)31(43)39-28(33(45)46)15-19-6-2-1-3-7-19/h1-13,18,24,26-28,36,40H,14-17,34H2,(H2,35,41)(H,37,42)(H,38,44)(H,39,43)(H,45,46). The van der Waals surface area contributed by atoms with Crippen LogP contribution in [0.1, 0.15) is 23.1 Å². The molecule has 3 aromatic carbocycles. The number of para-hydroxylation sites is 1. The Balaban J connectivity index is 1.60. The van der Waals surface area contributed by atoms with E-state index in [1.807, 2.05) is 24.3 Å². The first kappa shape index (κ1) is 33.2. The highest BCUT2D eigenvalue weighted by Gasteiger charge is 2.31. The van der Waals surface area contributed by atoms with Crippen molar-refractivity contribution in [2.24, 2.45) is 11.5 Å². The van der Waals surface area contributed by atoms with Crippen LogP contribution in [0.15, 0.2) is 85.1 Å². The maximum atomic E-state index is 13.9. The molecule has 10 N–H and O–H groups in total. The fourth-order valence-corrected chi connectivity index (χ4v) is 4.99. The number of hydrogen-bond acceptors (Lipinski definition) is 7. The molecular weight excluding hydrogens is 592 g/mol. The predicted octanol–water partition coefficient (Wildman–Crippen LogP) is 0.643. The van der Waals surface area contributed by atoms with E-state index in [2.05, 4.69) is 20.9 Å². The number of phenolic OH excluding ortho intramolecular Hbond substituents is 1. The number of aromatic nitrogens is 1. The largest absolute Gasteiger partial charge is 0.508 e. The summed E-state index contributed by atoms with van der Waals surface area (Å²) >= 11 is 0. The van der Waals surface area contributed by atoms with Crippen molar-refractivity contribution in [3.63, 3.8) is 0 Å². The van der Waals surface area contributed by atoms with Crippen LogP contribution in [0, 0.1) is 0 Å². The molecule has 0 aliphatic rings. The van der Waals surface area contributed by atoms with Crippen molar-refractivity contribution >= 4 is 40.5 Å². The van der Waals surface area contributed by atoms with Crippen molar-refractivity contribution in [3.05, 3.63) is 102 Å². The number of fused-ring (bicyclic) bond motifs is 1. The first-order valence-corrected chi connectivity index (χ1v) is 14.5. The number of nitrogens with one attached hydrogen (secondary N) is 4. The molecule has 0 aliphatic heterocycles. The van der Waals surface area contributed by atoms with Gasteiger partial charge in [0, 0.05) is 36.4 Å². The van der Waals surface area contributed by atoms with Gasteiger partial charge in [-0.3, -0.25) is 19.2 Å². The second-order valence-electron chi connectivity index (χ2n) is 10.9. The van der Waals surface area contributed by atoms with Crippen LogP contribution in [0.4, 0.5) is 0 Å². The zero-order valence-electron chi connectivity index (χ0n) is 24.8. The number of H-pyrrole nitrogens is 1. The number of aliphatic carboxylic acids is 1. The summed E-state index contributed by atoms with van der Waals surface area (Å²) in [5.74, 6) is -4.39. The number of rotatable bonds is 15. The van der Waals surface area contributed by atoms with Crippen LogP contribution in [-0.4, -0.2) is 69.0 Å². The second-order valence-corrected chi connectivity index (χ2v) is 10.9. The molecular formula is C33H36N6O7. The van der Waals surface area contributed by atoms with Gasteiger partial charge in [0.25, 0.3) is 0 Å². The molecule has 4 unspecified atom stereocenters. The number of primary amides is 1. The molecule has 0 bridgehead atoms. The van der Waals surface area contributed by atoms with Crippen LogP contribution in [0.3, 0.4) is 0 Å². The Morgan fingerprint density at radius 1 is 0.696 bits per heavy atom. The van der Waals surface area contributed by atoms with Gasteiger partial charge in [-0.1, -0.05) is 60.7 Å². The Bertz CT molecular complexity index is 1690. The number of carboxylic acids is 1. The second kappa shape index (κ2) is 15.3. The first-order valence-electron chi connectivity index (χ1n) is 14.5. The molecule has 13 heteroatoms. The van der Waals surface area contributed by atoms with E-state index < -0.39 is 60.2 Å². The van der Waals surface area contributed by atoms with Gasteiger partial charge >= 0.3 is 5.97 Å². The molecule has 0 spiro atoms. The van der Waals surface area contributed by atoms with Crippen LogP contribution in [0.2, 0.25) is 0 Å². The number of carboxylic acid groups (broad SMARTS) is 1. The predicted molar refractivity (Wildman–Crippen MR) is 169 cm³/mol. The zero-order chi connectivity index (χ0) is 33.2. The normalized spacial score (nSPS) is 13.6. The number of carbonyl (C=O) groups is 5. The van der Waals surface area contributed by atoms with E-state index in [4.69, 9.17) is 11.5 Å². The minimum Gasteiger partial charge on any atom is -0.508 e. The molecule has 0 fully saturated rings. The van der Waals surface area contributed by atoms with E-state index in [0.29, 0.717) is 16.7 Å². The molecule has 240 valence electrons. The molecule has 4 aromatic rings. The Hall–Kier alpha value is -5.69. The van der Waals surface area contributed by atoms with Gasteiger partial charge in [-0.05, 0) is 34.9 Å². The van der Waals surface area contributed by atoms with Crippen molar-refractivity contribution in [2.75, 3.05) is 0 Å². The number of phenols is 1. The lowest BCUT2D eigenvalue weighted by molar-refractivity contribution is -0.142. The first-order chi connectivity index (χ1) is 22.0. The third kappa shape index (κ3) is 9.16. The van der Waals surface area contributed by atoms with E-state index in [9.17, 15) is 34.2 Å². The lowest BCUT2D eigenvalue weighted by atomic mass is 10.0. The highest BCUT2D eigenvalue weighted by Crippen LogP contribution is 2.20. The summed E-state index contributed by atoms with van der Waals surface area (Å²) < 4.78 is 0. The average Bonchev–Trinajstić information content (AvgIpc) is 3.43. The average molecular weight is 629 g/mol. The van der Waals surface area contributed by atoms with Gasteiger partial charge < -0.3 is 42.6 Å². The van der Waals surface area contributed by atoms with Gasteiger partial charge in [0.2, 0.25) is 23.6 Å². The molecule has 4 amide bonds. The van der Waals surface area contributed by atoms with Gasteiger partial charge in [-0.2, -0.15) is 0 Å². The summed E-state index contributed by atoms with van der Waals surface area (Å²) in [6.45, 7) is 0. The molecule has 13 nitrogen and oxygen atoms in total. The molecule has 1 aromatic heterocycles. The van der Waals surface area contributed by atoms with Gasteiger partial charge in [0.15, 0.2) is 0 Å². The van der Waals surface area contributed by atoms with Crippen molar-refractivity contribution in [1.29, 1.82) is 0 Å². The van der Waals surface area contributed by atoms with Crippen LogP contribution in [0.25, 0.3) is 10.9 Å². The SMILES string of the molecule is NC(=O)CC(N)C(=O)NC(Cc1c[nH]c2ccccc12)C(=O)NC(Cc1ccc(O)cc1)C(=O)NC(Cc1ccccc1)C(=O)O. The highest BCUT2D eigenvalue weighted by atomic mass is 16.4. The van der Waals surface area contributed by atoms with Crippen molar-refractivity contribution < 1.29 is 34.2 Å². The Kier molecular flexibility index (Phi) is 11.1. The summed E-state index contributed by atoms with van der Waals surface area (Å²) in [6.07, 6.45) is 1.17. The third-order valence-electron chi connectivity index (χ3n) is 7.40. The van der Waals surface area contributed by atoms with Crippen LogP contribution < -0.4 is 27.4 Å². The van der Waals surface area contributed by atoms with E-state index in [0.717, 1.165) is 10.9 Å². The number of hydrogen-bond donors (Lipinski definition) is 8. The van der Waals surface area contributed by atoms with E-state index in [1.54, 1.807) is 48.7 Å². The zero-order valence-corrected chi connectivity index (χ0v) is 24.8. The van der Waals surface area contributed by atoms with E-state index in [1.165, 1.54) is 12.1 Å². The third-order valence-corrected chi connectivity index (χ3v) is 7.40. The summed E-state index contributed by atoms with van der Waals surface area (Å²) in [5.41, 5.74) is 13.8. The van der Waals surface area contributed by atoms with Crippen LogP contribution in [-0.2, 0) is 43.2 Å². The number of aromatic amines is 1. The lowest BCUT2D eigenvalue weighted by Crippen LogP contribution is -2.58. The minimum atomic E-state index is -1.32. The van der Waals surface area contributed by atoms with Crippen molar-refractivity contribution in [3.8, 4) is 5.75 Å². The molecule has 46 heavy (non-hydrogen) atoms. The van der Waals surface area contributed by atoms with Crippen LogP contribution in [0.5, 0.6) is 5.75 Å². The van der Waals surface area contributed by atoms with Crippen molar-refractivity contribution in [1.82, 2.24) is 20.9 Å². The summed E-state index contributed by atoms with van der Waals surface area (Å²) in [6, 6.07) is 16.9. The van der Waals surface area contributed by atoms with Crippen LogP contribution >= 0.6 is 0 Å². The van der Waals surface area contributed by atoms with Gasteiger partial charge in [0.05, 0.1) is 12.5 Å². The monoisotopic (exact) mass is 628 g/mol. The Labute approximate surface area is 264 Å². The number of benzene rings is 3. The lowest BCUT2D eigenvalue weighted by Gasteiger charge is -2.25. The number of carbonyl (C=O) groups excluding carboxylic acids is 4. The molecule has 0 saturated carbocycles. The minimum absolute atomic E-state index is 0.00120. The fourth-order valence-electron chi connectivity index (χ4n) is 4.99. The maximum absolute atomic E-state index is 13.9. The maximum Gasteiger partial charge on any atom is 0.326 e. The van der Waals surface area contributed by atoms with Gasteiger partial charge in [-0.15, -0.1) is 0 Å². The summed E-state index contributed by atoms with van der Waals surface area (Å²) in [4.78, 5) is 67.0. The van der Waals surface area contributed by atoms with E-state index >= 15 is 0 Å². The molecule has 0 radical (unpaired) electrons. The van der Waals surface area contributed by atoms with Gasteiger partial charge in [0.1, 0.15) is 23.9 Å². The summed E-state index contributed by atoms with van der Waals surface area (Å²) in [7, 11) is 0. The Morgan fingerprint density at radius 2 is 1.24 bits per heavy atom. The van der Waals surface area contributed by atoms with E-state index in [-0.39, 0.29) is 25.0 Å². The topological polar surface area (TPSA) is 230 Å². The fraction of sp³-hybridized carbons (Fsp3) is 0.242. The summed E-state index contributed by atoms with van der Waals surface area (Å²) in [5, 5.41) is 28.2. The quantitative estimate of drug-likeness (QED) is 0.0929. The number of aromatic hydroxyl groups is 1. The highest BCUT2D eigenvalue weighted by molar-refractivity contribution is 5.96. The molecule has 0 saturated heterocycles. The number of nitrogens with two attached hydrogens (primary N) is 2. The molecule has 4 rings (SSSR count). The molecule has 1 heterocycles. The smallest absolute Gasteiger partial charge is 0.326 e. The van der Waals surface area contributed by atoms with Gasteiger partial charge in [-0.25, -0.2) is 4.79 Å². The van der Waals surface area contributed by atoms with Crippen molar-refractivity contribution in [2.45, 2.75) is 49.9 Å². The number of amides is 4.